The molecule has 234 valence electrons. The van der Waals surface area contributed by atoms with E-state index >= 15 is 4.39 Å². The molecule has 2 unspecified atom stereocenters. The molecule has 7 nitrogen and oxygen atoms in total. The van der Waals surface area contributed by atoms with Gasteiger partial charge in [-0.25, -0.2) is 4.39 Å². The SMILES string of the molecule is CC(=O)CC[C@H]1CC[C@@]2(COc3nc(N4CC5CCC(C5)C4)c4cnc(-c5cccc6cccc(Cl)c56)c(F)c4n3)CCCN12. The number of piperidine rings is 1. The van der Waals surface area contributed by atoms with Gasteiger partial charge in [0, 0.05) is 47.7 Å². The summed E-state index contributed by atoms with van der Waals surface area (Å²) >= 11 is 6.64. The van der Waals surface area contributed by atoms with E-state index in [4.69, 9.17) is 26.3 Å². The van der Waals surface area contributed by atoms with Crippen LogP contribution in [0.25, 0.3) is 32.9 Å². The van der Waals surface area contributed by atoms with E-state index in [0.717, 1.165) is 62.5 Å². The molecule has 0 N–H and O–H groups in total. The molecule has 3 saturated heterocycles. The molecule has 8 rings (SSSR count). The van der Waals surface area contributed by atoms with Crippen LogP contribution in [0, 0.1) is 17.7 Å². The van der Waals surface area contributed by atoms with Crippen molar-refractivity contribution in [2.24, 2.45) is 11.8 Å². The van der Waals surface area contributed by atoms with Crippen LogP contribution >= 0.6 is 11.6 Å². The highest BCUT2D eigenvalue weighted by atomic mass is 35.5. The number of aromatic nitrogens is 3. The van der Waals surface area contributed by atoms with Crippen LogP contribution in [0.1, 0.15) is 64.7 Å². The molecule has 0 amide bonds. The van der Waals surface area contributed by atoms with Gasteiger partial charge in [-0.15, -0.1) is 0 Å². The molecule has 2 aromatic heterocycles. The van der Waals surface area contributed by atoms with Crippen LogP contribution in [0.3, 0.4) is 0 Å². The molecular formula is C36H39ClFN5O2. The van der Waals surface area contributed by atoms with Crippen molar-refractivity contribution in [3.8, 4) is 17.3 Å². The van der Waals surface area contributed by atoms with E-state index < -0.39 is 5.82 Å². The van der Waals surface area contributed by atoms with E-state index in [-0.39, 0.29) is 28.5 Å². The number of hydrogen-bond donors (Lipinski definition) is 0. The van der Waals surface area contributed by atoms with Crippen LogP contribution < -0.4 is 9.64 Å². The number of pyridine rings is 1. The Kier molecular flexibility index (Phi) is 7.40. The van der Waals surface area contributed by atoms with Gasteiger partial charge in [-0.1, -0.05) is 41.9 Å². The first-order valence-electron chi connectivity index (χ1n) is 16.6. The summed E-state index contributed by atoms with van der Waals surface area (Å²) in [4.78, 5) is 31.0. The summed E-state index contributed by atoms with van der Waals surface area (Å²) in [6.45, 7) is 4.95. The Bertz CT molecular complexity index is 1780. The molecule has 4 aromatic rings. The van der Waals surface area contributed by atoms with Crippen LogP contribution in [0.2, 0.25) is 5.02 Å². The monoisotopic (exact) mass is 627 g/mol. The fourth-order valence-corrected chi connectivity index (χ4v) is 9.16. The summed E-state index contributed by atoms with van der Waals surface area (Å²) in [5.41, 5.74) is 0.999. The van der Waals surface area contributed by atoms with Crippen molar-refractivity contribution in [1.29, 1.82) is 0 Å². The first-order chi connectivity index (χ1) is 21.9. The standard InChI is InChI=1S/C36H39ClFN5O2/c1-22(44)9-12-26-13-15-36(14-4-16-43(26)36)21-45-35-40-33-28(34(41-35)42-19-23-10-11-24(17-23)20-42)18-39-32(31(33)38)27-7-2-5-25-6-3-8-29(37)30(25)27/h2-3,5-8,18,23-24,26H,4,9-17,19-21H2,1H3/t23?,24?,26-,36+/m0/s1. The maximum Gasteiger partial charge on any atom is 0.319 e. The third-order valence-corrected chi connectivity index (χ3v) is 11.3. The minimum atomic E-state index is -0.487. The number of anilines is 1. The predicted molar refractivity (Wildman–Crippen MR) is 175 cm³/mol. The van der Waals surface area contributed by atoms with Gasteiger partial charge in [-0.2, -0.15) is 9.97 Å². The Labute approximate surface area is 268 Å². The molecule has 0 radical (unpaired) electrons. The summed E-state index contributed by atoms with van der Waals surface area (Å²) in [6, 6.07) is 12.0. The maximum atomic E-state index is 16.8. The Morgan fingerprint density at radius 3 is 2.69 bits per heavy atom. The molecule has 5 heterocycles. The lowest BCUT2D eigenvalue weighted by atomic mass is 9.95. The van der Waals surface area contributed by atoms with Gasteiger partial charge in [-0.3, -0.25) is 9.88 Å². The number of carbonyl (C=O) groups excluding carboxylic acids is 1. The molecule has 4 atom stereocenters. The second-order valence-corrected chi connectivity index (χ2v) is 14.3. The minimum absolute atomic E-state index is 0.0914. The Morgan fingerprint density at radius 1 is 1.09 bits per heavy atom. The first-order valence-corrected chi connectivity index (χ1v) is 16.9. The zero-order valence-electron chi connectivity index (χ0n) is 25.8. The number of nitrogens with zero attached hydrogens (tertiary/aromatic N) is 5. The van der Waals surface area contributed by atoms with E-state index in [1.807, 2.05) is 36.4 Å². The Balaban J connectivity index is 1.18. The highest BCUT2D eigenvalue weighted by Crippen LogP contribution is 2.45. The molecular weight excluding hydrogens is 589 g/mol. The normalized spacial score (nSPS) is 26.2. The van der Waals surface area contributed by atoms with Gasteiger partial charge < -0.3 is 14.4 Å². The Morgan fingerprint density at radius 2 is 1.89 bits per heavy atom. The molecule has 0 spiro atoms. The van der Waals surface area contributed by atoms with Crippen LogP contribution in [-0.2, 0) is 4.79 Å². The first kappa shape index (κ1) is 29.1. The molecule has 9 heteroatoms. The fraction of sp³-hybridized carbons (Fsp3) is 0.500. The van der Waals surface area contributed by atoms with Gasteiger partial charge in [0.25, 0.3) is 0 Å². The number of hydrogen-bond acceptors (Lipinski definition) is 7. The van der Waals surface area contributed by atoms with Gasteiger partial charge in [-0.05, 0) is 88.1 Å². The van der Waals surface area contributed by atoms with Crippen molar-refractivity contribution >= 4 is 44.9 Å². The van der Waals surface area contributed by atoms with Crippen LogP contribution in [0.15, 0.2) is 42.6 Å². The number of ketones is 1. The summed E-state index contributed by atoms with van der Waals surface area (Å²) in [5.74, 6) is 1.73. The number of carbonyl (C=O) groups is 1. The fourth-order valence-electron chi connectivity index (χ4n) is 8.87. The molecule has 3 aliphatic heterocycles. The number of halogens is 2. The summed E-state index contributed by atoms with van der Waals surface area (Å²) in [5, 5.41) is 2.86. The van der Waals surface area contributed by atoms with E-state index in [2.05, 4.69) is 14.8 Å². The quantitative estimate of drug-likeness (QED) is 0.199. The molecule has 4 fully saturated rings. The van der Waals surface area contributed by atoms with Crippen LogP contribution in [-0.4, -0.2) is 63.5 Å². The third-order valence-electron chi connectivity index (χ3n) is 11.0. The van der Waals surface area contributed by atoms with E-state index in [9.17, 15) is 4.79 Å². The number of rotatable bonds is 8. The van der Waals surface area contributed by atoms with Crippen LogP contribution in [0.4, 0.5) is 10.2 Å². The van der Waals surface area contributed by atoms with Gasteiger partial charge in [0.2, 0.25) is 0 Å². The molecule has 45 heavy (non-hydrogen) atoms. The summed E-state index contributed by atoms with van der Waals surface area (Å²) < 4.78 is 23.3. The number of fused-ring (bicyclic) bond motifs is 5. The average Bonchev–Trinajstić information content (AvgIpc) is 3.71. The van der Waals surface area contributed by atoms with Crippen LogP contribution in [0.5, 0.6) is 6.01 Å². The molecule has 2 aromatic carbocycles. The lowest BCUT2D eigenvalue weighted by Crippen LogP contribution is -2.46. The molecule has 1 saturated carbocycles. The van der Waals surface area contributed by atoms with Crippen molar-refractivity contribution < 1.29 is 13.9 Å². The van der Waals surface area contributed by atoms with Crippen molar-refractivity contribution in [3.05, 3.63) is 53.4 Å². The summed E-state index contributed by atoms with van der Waals surface area (Å²) in [7, 11) is 0. The third kappa shape index (κ3) is 5.14. The van der Waals surface area contributed by atoms with E-state index in [0.29, 0.717) is 52.7 Å². The molecule has 4 aliphatic rings. The lowest BCUT2D eigenvalue weighted by molar-refractivity contribution is -0.117. The number of ether oxygens (including phenoxy) is 1. The van der Waals surface area contributed by atoms with Gasteiger partial charge >= 0.3 is 6.01 Å². The van der Waals surface area contributed by atoms with Crippen molar-refractivity contribution in [3.63, 3.8) is 0 Å². The molecule has 2 bridgehead atoms. The van der Waals surface area contributed by atoms with E-state index in [1.54, 1.807) is 13.1 Å². The number of benzene rings is 2. The lowest BCUT2D eigenvalue weighted by Gasteiger charge is -2.35. The maximum absolute atomic E-state index is 16.8. The zero-order valence-corrected chi connectivity index (χ0v) is 26.5. The van der Waals surface area contributed by atoms with Crippen molar-refractivity contribution in [2.75, 3.05) is 31.1 Å². The largest absolute Gasteiger partial charge is 0.461 e. The van der Waals surface area contributed by atoms with Gasteiger partial charge in [0.1, 0.15) is 29.4 Å². The summed E-state index contributed by atoms with van der Waals surface area (Å²) in [6.07, 6.45) is 11.2. The zero-order chi connectivity index (χ0) is 30.7. The predicted octanol–water partition coefficient (Wildman–Crippen LogP) is 7.62. The average molecular weight is 628 g/mol. The number of Topliss-reactive ketones (excluding diaryl/α,β-unsaturated/α-hetero) is 1. The second-order valence-electron chi connectivity index (χ2n) is 13.8. The Hall–Kier alpha value is -3.36. The van der Waals surface area contributed by atoms with Gasteiger partial charge in [0.15, 0.2) is 5.82 Å². The highest BCUT2D eigenvalue weighted by Gasteiger charge is 2.49. The van der Waals surface area contributed by atoms with Crippen molar-refractivity contribution in [1.82, 2.24) is 19.9 Å². The molecule has 1 aliphatic carbocycles. The second kappa shape index (κ2) is 11.5. The van der Waals surface area contributed by atoms with Gasteiger partial charge in [0.05, 0.1) is 10.9 Å². The smallest absolute Gasteiger partial charge is 0.319 e. The minimum Gasteiger partial charge on any atom is -0.461 e. The highest BCUT2D eigenvalue weighted by molar-refractivity contribution is 6.36. The van der Waals surface area contributed by atoms with E-state index in [1.165, 1.54) is 19.3 Å². The van der Waals surface area contributed by atoms with Crippen molar-refractivity contribution in [2.45, 2.75) is 76.3 Å². The topological polar surface area (TPSA) is 71.5 Å².